The number of anilines is 2. The minimum Gasteiger partial charge on any atom is -0.383 e. The first-order chi connectivity index (χ1) is 8.50. The number of nitrogens with one attached hydrogen (secondary N) is 1. The van der Waals surface area contributed by atoms with Crippen LogP contribution in [0.1, 0.15) is 32.2 Å². The Morgan fingerprint density at radius 3 is 2.32 bits per heavy atom. The van der Waals surface area contributed by atoms with Crippen molar-refractivity contribution in [3.63, 3.8) is 0 Å². The highest BCUT2D eigenvalue weighted by molar-refractivity contribution is 7.90. The summed E-state index contributed by atoms with van der Waals surface area (Å²) in [6.07, 6.45) is 1.20. The Bertz CT molecular complexity index is 562. The van der Waals surface area contributed by atoms with E-state index in [-0.39, 0.29) is 11.2 Å². The number of hydrogen-bond donors (Lipinski definition) is 2. The third-order valence-electron chi connectivity index (χ3n) is 2.62. The lowest BCUT2D eigenvalue weighted by molar-refractivity contribution is 0.546. The average Bonchev–Trinajstić information content (AvgIpc) is 2.20. The van der Waals surface area contributed by atoms with Crippen molar-refractivity contribution < 1.29 is 8.42 Å². The Morgan fingerprint density at radius 2 is 1.84 bits per heavy atom. The molecule has 1 aromatic heterocycles. The highest BCUT2D eigenvalue weighted by Crippen LogP contribution is 2.24. The van der Waals surface area contributed by atoms with Gasteiger partial charge in [-0.3, -0.25) is 0 Å². The molecule has 0 aromatic carbocycles. The molecule has 0 radical (unpaired) electrons. The van der Waals surface area contributed by atoms with Crippen LogP contribution >= 0.6 is 0 Å². The predicted octanol–water partition coefficient (Wildman–Crippen LogP) is 1.12. The van der Waals surface area contributed by atoms with E-state index in [4.69, 9.17) is 5.73 Å². The minimum absolute atomic E-state index is 0.0567. The van der Waals surface area contributed by atoms with Crippen LogP contribution in [0.3, 0.4) is 0 Å². The first kappa shape index (κ1) is 15.7. The van der Waals surface area contributed by atoms with E-state index >= 15 is 0 Å². The van der Waals surface area contributed by atoms with Crippen LogP contribution in [0, 0.1) is 6.92 Å². The monoisotopic (exact) mass is 286 g/mol. The van der Waals surface area contributed by atoms with Gasteiger partial charge in [0, 0.05) is 23.8 Å². The number of sulfone groups is 1. The van der Waals surface area contributed by atoms with Crippen LogP contribution < -0.4 is 11.1 Å². The molecule has 3 N–H and O–H groups in total. The molecule has 0 aliphatic rings. The van der Waals surface area contributed by atoms with Gasteiger partial charge < -0.3 is 11.1 Å². The van der Waals surface area contributed by atoms with E-state index in [0.29, 0.717) is 24.0 Å². The molecule has 19 heavy (non-hydrogen) atoms. The van der Waals surface area contributed by atoms with Crippen molar-refractivity contribution >= 4 is 21.5 Å². The zero-order valence-electron chi connectivity index (χ0n) is 12.1. The zero-order chi connectivity index (χ0) is 14.8. The molecule has 6 nitrogen and oxygen atoms in total. The van der Waals surface area contributed by atoms with Gasteiger partial charge in [-0.05, 0) is 6.92 Å². The van der Waals surface area contributed by atoms with Gasteiger partial charge in [-0.1, -0.05) is 20.8 Å². The molecular formula is C12H22N4O2S. The van der Waals surface area contributed by atoms with Crippen molar-refractivity contribution in [3.8, 4) is 0 Å². The van der Waals surface area contributed by atoms with Gasteiger partial charge in [-0.25, -0.2) is 18.4 Å². The highest BCUT2D eigenvalue weighted by Gasteiger charge is 2.20. The Morgan fingerprint density at radius 1 is 1.26 bits per heavy atom. The van der Waals surface area contributed by atoms with Gasteiger partial charge >= 0.3 is 0 Å². The van der Waals surface area contributed by atoms with Crippen molar-refractivity contribution in [2.75, 3.05) is 29.6 Å². The third kappa shape index (κ3) is 4.66. The lowest BCUT2D eigenvalue weighted by Crippen LogP contribution is -2.21. The van der Waals surface area contributed by atoms with Gasteiger partial charge in [0.05, 0.1) is 5.75 Å². The van der Waals surface area contributed by atoms with Crippen LogP contribution in [0.4, 0.5) is 11.6 Å². The first-order valence-corrected chi connectivity index (χ1v) is 8.13. The standard InChI is InChI=1S/C12H22N4O2S/c1-8-9(13)15-11(12(2,3)4)16-10(8)14-6-7-19(5,17)18/h6-7H2,1-5H3,(H3,13,14,15,16). The molecule has 0 unspecified atom stereocenters. The highest BCUT2D eigenvalue weighted by atomic mass is 32.2. The summed E-state index contributed by atoms with van der Waals surface area (Å²) in [5.41, 5.74) is 6.39. The molecular weight excluding hydrogens is 264 g/mol. The third-order valence-corrected chi connectivity index (χ3v) is 3.57. The van der Waals surface area contributed by atoms with Gasteiger partial charge in [0.15, 0.2) is 0 Å². The van der Waals surface area contributed by atoms with Crippen LogP contribution in [0.2, 0.25) is 0 Å². The SMILES string of the molecule is Cc1c(N)nc(C(C)(C)C)nc1NCCS(C)(=O)=O. The van der Waals surface area contributed by atoms with E-state index in [1.54, 1.807) is 0 Å². The second-order valence-electron chi connectivity index (χ2n) is 5.71. The van der Waals surface area contributed by atoms with Crippen LogP contribution in [-0.4, -0.2) is 36.9 Å². The van der Waals surface area contributed by atoms with E-state index in [0.717, 1.165) is 5.56 Å². The normalized spacial score (nSPS) is 12.5. The smallest absolute Gasteiger partial charge is 0.149 e. The van der Waals surface area contributed by atoms with Crippen LogP contribution in [-0.2, 0) is 15.3 Å². The molecule has 1 rings (SSSR count). The van der Waals surface area contributed by atoms with Crippen molar-refractivity contribution in [1.82, 2.24) is 9.97 Å². The molecule has 0 aliphatic carbocycles. The quantitative estimate of drug-likeness (QED) is 0.860. The number of nitrogen functional groups attached to an aromatic ring is 1. The van der Waals surface area contributed by atoms with Crippen molar-refractivity contribution in [2.24, 2.45) is 0 Å². The molecule has 0 saturated carbocycles. The average molecular weight is 286 g/mol. The molecule has 1 aromatic rings. The summed E-state index contributed by atoms with van der Waals surface area (Å²) in [6, 6.07) is 0. The largest absolute Gasteiger partial charge is 0.383 e. The number of nitrogens with zero attached hydrogens (tertiary/aromatic N) is 2. The fourth-order valence-corrected chi connectivity index (χ4v) is 1.87. The van der Waals surface area contributed by atoms with Crippen LogP contribution in [0.25, 0.3) is 0 Å². The van der Waals surface area contributed by atoms with Crippen molar-refractivity contribution in [3.05, 3.63) is 11.4 Å². The lowest BCUT2D eigenvalue weighted by Gasteiger charge is -2.19. The summed E-state index contributed by atoms with van der Waals surface area (Å²) in [5, 5.41) is 3.01. The molecule has 0 fully saturated rings. The molecule has 1 heterocycles. The van der Waals surface area contributed by atoms with Crippen LogP contribution in [0.15, 0.2) is 0 Å². The second kappa shape index (κ2) is 5.32. The van der Waals surface area contributed by atoms with Gasteiger partial charge in [0.25, 0.3) is 0 Å². The number of hydrogen-bond acceptors (Lipinski definition) is 6. The van der Waals surface area contributed by atoms with Crippen molar-refractivity contribution in [2.45, 2.75) is 33.1 Å². The topological polar surface area (TPSA) is 98.0 Å². The van der Waals surface area contributed by atoms with Crippen LogP contribution in [0.5, 0.6) is 0 Å². The van der Waals surface area contributed by atoms with E-state index in [1.807, 2.05) is 27.7 Å². The summed E-state index contributed by atoms with van der Waals surface area (Å²) in [7, 11) is -2.99. The molecule has 0 aliphatic heterocycles. The second-order valence-corrected chi connectivity index (χ2v) is 7.97. The number of rotatable bonds is 4. The minimum atomic E-state index is -2.99. The molecule has 108 valence electrons. The summed E-state index contributed by atoms with van der Waals surface area (Å²) in [6.45, 7) is 8.11. The van der Waals surface area contributed by atoms with E-state index in [1.165, 1.54) is 6.26 Å². The maximum absolute atomic E-state index is 11.1. The molecule has 0 spiro atoms. The maximum atomic E-state index is 11.1. The Kier molecular flexibility index (Phi) is 4.39. The number of nitrogens with two attached hydrogens (primary N) is 1. The fraction of sp³-hybridized carbons (Fsp3) is 0.667. The van der Waals surface area contributed by atoms with Gasteiger partial charge in [-0.15, -0.1) is 0 Å². The predicted molar refractivity (Wildman–Crippen MR) is 78.1 cm³/mol. The Hall–Kier alpha value is -1.37. The zero-order valence-corrected chi connectivity index (χ0v) is 12.9. The fourth-order valence-electron chi connectivity index (χ4n) is 1.40. The van der Waals surface area contributed by atoms with Gasteiger partial charge in [-0.2, -0.15) is 0 Å². The van der Waals surface area contributed by atoms with E-state index in [2.05, 4.69) is 15.3 Å². The van der Waals surface area contributed by atoms with E-state index < -0.39 is 9.84 Å². The molecule has 0 amide bonds. The maximum Gasteiger partial charge on any atom is 0.149 e. The van der Waals surface area contributed by atoms with Gasteiger partial charge in [0.1, 0.15) is 27.3 Å². The summed E-state index contributed by atoms with van der Waals surface area (Å²) in [5.74, 6) is 1.71. The molecule has 0 atom stereocenters. The Labute approximate surface area is 114 Å². The summed E-state index contributed by atoms with van der Waals surface area (Å²) >= 11 is 0. The first-order valence-electron chi connectivity index (χ1n) is 6.07. The molecule has 0 bridgehead atoms. The van der Waals surface area contributed by atoms with Crippen molar-refractivity contribution in [1.29, 1.82) is 0 Å². The molecule has 0 saturated heterocycles. The molecule has 7 heteroatoms. The lowest BCUT2D eigenvalue weighted by atomic mass is 9.95. The van der Waals surface area contributed by atoms with Gasteiger partial charge in [0.2, 0.25) is 0 Å². The Balaban J connectivity index is 2.97. The summed E-state index contributed by atoms with van der Waals surface area (Å²) < 4.78 is 22.2. The van der Waals surface area contributed by atoms with E-state index in [9.17, 15) is 8.42 Å². The number of aromatic nitrogens is 2. The summed E-state index contributed by atoms with van der Waals surface area (Å²) in [4.78, 5) is 8.70.